The molecule has 106 valence electrons. The highest BCUT2D eigenvalue weighted by Crippen LogP contribution is 2.34. The first-order valence-corrected chi connectivity index (χ1v) is 7.00. The van der Waals surface area contributed by atoms with Crippen molar-refractivity contribution in [3.8, 4) is 16.9 Å². The number of benzene rings is 2. The maximum absolute atomic E-state index is 5.40. The molecular weight excluding hydrogens is 246 g/mol. The molecule has 0 radical (unpaired) electrons. The molecule has 1 N–H and O–H groups in total. The molecular formula is C18H23NO. The van der Waals surface area contributed by atoms with Gasteiger partial charge in [0.1, 0.15) is 5.75 Å². The van der Waals surface area contributed by atoms with Crippen LogP contribution in [0.3, 0.4) is 0 Å². The minimum Gasteiger partial charge on any atom is -0.496 e. The Morgan fingerprint density at radius 1 is 1.00 bits per heavy atom. The van der Waals surface area contributed by atoms with E-state index in [9.17, 15) is 0 Å². The molecule has 0 saturated carbocycles. The molecule has 0 heterocycles. The Morgan fingerprint density at radius 2 is 1.70 bits per heavy atom. The highest BCUT2D eigenvalue weighted by Gasteiger charge is 2.13. The molecule has 0 aliphatic heterocycles. The van der Waals surface area contributed by atoms with Crippen molar-refractivity contribution in [3.05, 3.63) is 53.1 Å². The first kappa shape index (κ1) is 14.6. The third-order valence-corrected chi connectivity index (χ3v) is 3.89. The van der Waals surface area contributed by atoms with Crippen molar-refractivity contribution in [2.24, 2.45) is 0 Å². The number of ether oxygens (including phenoxy) is 1. The van der Waals surface area contributed by atoms with Gasteiger partial charge in [0.05, 0.1) is 7.11 Å². The summed E-state index contributed by atoms with van der Waals surface area (Å²) in [5.41, 5.74) is 6.30. The van der Waals surface area contributed by atoms with Crippen molar-refractivity contribution in [2.75, 3.05) is 14.2 Å². The minimum atomic E-state index is 0.327. The second-order valence-electron chi connectivity index (χ2n) is 5.23. The highest BCUT2D eigenvalue weighted by molar-refractivity contribution is 5.73. The SMILES string of the molecule is CNC(C)c1ccccc1-c1cc(C)c(OC)cc1C. The number of aryl methyl sites for hydroxylation is 2. The molecule has 1 atom stereocenters. The molecule has 0 spiro atoms. The summed E-state index contributed by atoms with van der Waals surface area (Å²) in [5, 5.41) is 3.32. The quantitative estimate of drug-likeness (QED) is 0.895. The maximum atomic E-state index is 5.40. The largest absolute Gasteiger partial charge is 0.496 e. The van der Waals surface area contributed by atoms with Gasteiger partial charge in [-0.3, -0.25) is 0 Å². The van der Waals surface area contributed by atoms with Crippen LogP contribution >= 0.6 is 0 Å². The molecule has 2 aromatic rings. The van der Waals surface area contributed by atoms with Crippen LogP contribution in [0.4, 0.5) is 0 Å². The smallest absolute Gasteiger partial charge is 0.122 e. The lowest BCUT2D eigenvalue weighted by Gasteiger charge is -2.18. The Balaban J connectivity index is 2.60. The van der Waals surface area contributed by atoms with Crippen LogP contribution in [0.2, 0.25) is 0 Å². The highest BCUT2D eigenvalue weighted by atomic mass is 16.5. The summed E-state index contributed by atoms with van der Waals surface area (Å²) in [6.45, 7) is 6.41. The number of hydrogen-bond acceptors (Lipinski definition) is 2. The van der Waals surface area contributed by atoms with Crippen molar-refractivity contribution in [1.29, 1.82) is 0 Å². The van der Waals surface area contributed by atoms with Gasteiger partial charge in [-0.1, -0.05) is 24.3 Å². The lowest BCUT2D eigenvalue weighted by atomic mass is 9.91. The molecule has 0 aliphatic carbocycles. The van der Waals surface area contributed by atoms with Crippen LogP contribution in [0.25, 0.3) is 11.1 Å². The van der Waals surface area contributed by atoms with Gasteiger partial charge >= 0.3 is 0 Å². The predicted octanol–water partition coefficient (Wildman–Crippen LogP) is 4.26. The fourth-order valence-electron chi connectivity index (χ4n) is 2.58. The monoisotopic (exact) mass is 269 g/mol. The van der Waals surface area contributed by atoms with Gasteiger partial charge in [-0.25, -0.2) is 0 Å². The van der Waals surface area contributed by atoms with E-state index in [2.05, 4.69) is 62.5 Å². The summed E-state index contributed by atoms with van der Waals surface area (Å²) >= 11 is 0. The first-order chi connectivity index (χ1) is 9.58. The Bertz CT molecular complexity index is 604. The van der Waals surface area contributed by atoms with Gasteiger partial charge in [0.15, 0.2) is 0 Å². The van der Waals surface area contributed by atoms with Gasteiger partial charge in [0.25, 0.3) is 0 Å². The van der Waals surface area contributed by atoms with E-state index in [0.29, 0.717) is 6.04 Å². The molecule has 20 heavy (non-hydrogen) atoms. The van der Waals surface area contributed by atoms with E-state index in [-0.39, 0.29) is 0 Å². The molecule has 0 aliphatic rings. The normalized spacial score (nSPS) is 12.2. The Labute approximate surface area is 121 Å². The second-order valence-corrected chi connectivity index (χ2v) is 5.23. The predicted molar refractivity (Wildman–Crippen MR) is 85.4 cm³/mol. The fourth-order valence-corrected chi connectivity index (χ4v) is 2.58. The van der Waals surface area contributed by atoms with E-state index in [1.165, 1.54) is 27.8 Å². The van der Waals surface area contributed by atoms with Crippen molar-refractivity contribution >= 4 is 0 Å². The van der Waals surface area contributed by atoms with Gasteiger partial charge < -0.3 is 10.1 Å². The average Bonchev–Trinajstić information content (AvgIpc) is 2.48. The zero-order valence-electron chi connectivity index (χ0n) is 12.9. The van der Waals surface area contributed by atoms with E-state index in [4.69, 9.17) is 4.74 Å². The number of nitrogens with one attached hydrogen (secondary N) is 1. The standard InChI is InChI=1S/C18H23NO/c1-12-11-18(20-5)13(2)10-17(12)16-9-7-6-8-15(16)14(3)19-4/h6-11,14,19H,1-5H3. The Hall–Kier alpha value is -1.80. The van der Waals surface area contributed by atoms with Crippen LogP contribution < -0.4 is 10.1 Å². The van der Waals surface area contributed by atoms with Crippen LogP contribution in [0, 0.1) is 13.8 Å². The summed E-state index contributed by atoms with van der Waals surface area (Å²) in [4.78, 5) is 0. The second kappa shape index (κ2) is 6.10. The average molecular weight is 269 g/mol. The van der Waals surface area contributed by atoms with Crippen molar-refractivity contribution in [2.45, 2.75) is 26.8 Å². The van der Waals surface area contributed by atoms with Gasteiger partial charge in [0.2, 0.25) is 0 Å². The fraction of sp³-hybridized carbons (Fsp3) is 0.333. The minimum absolute atomic E-state index is 0.327. The van der Waals surface area contributed by atoms with Crippen molar-refractivity contribution < 1.29 is 4.74 Å². The summed E-state index contributed by atoms with van der Waals surface area (Å²) in [6, 6.07) is 13.2. The van der Waals surface area contributed by atoms with E-state index in [0.717, 1.165) is 5.75 Å². The lowest BCUT2D eigenvalue weighted by molar-refractivity contribution is 0.411. The molecule has 0 fully saturated rings. The van der Waals surface area contributed by atoms with Gasteiger partial charge in [-0.15, -0.1) is 0 Å². The van der Waals surface area contributed by atoms with Crippen LogP contribution in [-0.4, -0.2) is 14.2 Å². The first-order valence-electron chi connectivity index (χ1n) is 7.00. The molecule has 2 heteroatoms. The van der Waals surface area contributed by atoms with E-state index in [1.807, 2.05) is 7.05 Å². The van der Waals surface area contributed by atoms with Crippen LogP contribution in [0.15, 0.2) is 36.4 Å². The zero-order valence-corrected chi connectivity index (χ0v) is 12.9. The molecule has 0 saturated heterocycles. The maximum Gasteiger partial charge on any atom is 0.122 e. The molecule has 2 rings (SSSR count). The molecule has 0 bridgehead atoms. The Morgan fingerprint density at radius 3 is 2.35 bits per heavy atom. The molecule has 0 aromatic heterocycles. The lowest BCUT2D eigenvalue weighted by Crippen LogP contribution is -2.13. The van der Waals surface area contributed by atoms with Gasteiger partial charge in [-0.05, 0) is 67.8 Å². The third-order valence-electron chi connectivity index (χ3n) is 3.89. The van der Waals surface area contributed by atoms with Crippen molar-refractivity contribution in [3.63, 3.8) is 0 Å². The number of rotatable bonds is 4. The van der Waals surface area contributed by atoms with Gasteiger partial charge in [-0.2, -0.15) is 0 Å². The van der Waals surface area contributed by atoms with E-state index >= 15 is 0 Å². The molecule has 2 aromatic carbocycles. The van der Waals surface area contributed by atoms with Crippen LogP contribution in [0.5, 0.6) is 5.75 Å². The van der Waals surface area contributed by atoms with Crippen LogP contribution in [0.1, 0.15) is 29.7 Å². The number of hydrogen-bond donors (Lipinski definition) is 1. The Kier molecular flexibility index (Phi) is 4.46. The summed E-state index contributed by atoms with van der Waals surface area (Å²) in [5.74, 6) is 0.949. The summed E-state index contributed by atoms with van der Waals surface area (Å²) in [7, 11) is 3.71. The third kappa shape index (κ3) is 2.70. The molecule has 1 unspecified atom stereocenters. The summed E-state index contributed by atoms with van der Waals surface area (Å²) in [6.07, 6.45) is 0. The number of methoxy groups -OCH3 is 1. The van der Waals surface area contributed by atoms with E-state index in [1.54, 1.807) is 7.11 Å². The molecule has 2 nitrogen and oxygen atoms in total. The van der Waals surface area contributed by atoms with Crippen molar-refractivity contribution in [1.82, 2.24) is 5.32 Å². The zero-order chi connectivity index (χ0) is 14.7. The van der Waals surface area contributed by atoms with Gasteiger partial charge in [0, 0.05) is 6.04 Å². The molecule has 0 amide bonds. The summed E-state index contributed by atoms with van der Waals surface area (Å²) < 4.78 is 5.40. The van der Waals surface area contributed by atoms with Crippen LogP contribution in [-0.2, 0) is 0 Å². The topological polar surface area (TPSA) is 21.3 Å². The van der Waals surface area contributed by atoms with E-state index < -0.39 is 0 Å².